The molecule has 1 unspecified atom stereocenters. The molecule has 2 rings (SSSR count). The van der Waals surface area contributed by atoms with Crippen LogP contribution in [0.15, 0.2) is 24.4 Å². The van der Waals surface area contributed by atoms with Gasteiger partial charge in [0.05, 0.1) is 11.7 Å². The Bertz CT molecular complexity index is 589. The number of imidazole rings is 1. The Morgan fingerprint density at radius 1 is 1.35 bits per heavy atom. The highest BCUT2D eigenvalue weighted by atomic mass is 19.1. The van der Waals surface area contributed by atoms with Crippen LogP contribution in [0.2, 0.25) is 0 Å². The zero-order valence-electron chi connectivity index (χ0n) is 12.6. The molecule has 3 nitrogen and oxygen atoms in total. The van der Waals surface area contributed by atoms with Crippen LogP contribution in [0.5, 0.6) is 0 Å². The summed E-state index contributed by atoms with van der Waals surface area (Å²) in [6, 6.07) is 5.45. The van der Waals surface area contributed by atoms with E-state index in [1.165, 1.54) is 0 Å². The molecule has 1 heterocycles. The van der Waals surface area contributed by atoms with E-state index in [1.54, 1.807) is 13.0 Å². The fourth-order valence-electron chi connectivity index (χ4n) is 2.21. The second-order valence-electron chi connectivity index (χ2n) is 5.22. The number of nitrogens with one attached hydrogen (secondary N) is 1. The first-order valence-electron chi connectivity index (χ1n) is 7.08. The lowest BCUT2D eigenvalue weighted by Crippen LogP contribution is -2.12. The van der Waals surface area contributed by atoms with Crippen LogP contribution in [0.3, 0.4) is 0 Å². The summed E-state index contributed by atoms with van der Waals surface area (Å²) >= 11 is 0. The Morgan fingerprint density at radius 3 is 2.75 bits per heavy atom. The molecule has 1 aromatic heterocycles. The van der Waals surface area contributed by atoms with Crippen molar-refractivity contribution >= 4 is 5.95 Å². The molecule has 0 amide bonds. The Hall–Kier alpha value is -1.84. The van der Waals surface area contributed by atoms with Crippen molar-refractivity contribution in [2.75, 3.05) is 11.9 Å². The molecule has 108 valence electrons. The van der Waals surface area contributed by atoms with E-state index in [2.05, 4.69) is 28.7 Å². The van der Waals surface area contributed by atoms with Crippen LogP contribution >= 0.6 is 0 Å². The number of anilines is 1. The highest BCUT2D eigenvalue weighted by Gasteiger charge is 2.14. The van der Waals surface area contributed by atoms with E-state index in [4.69, 9.17) is 0 Å². The van der Waals surface area contributed by atoms with Gasteiger partial charge in [0.2, 0.25) is 5.95 Å². The molecule has 0 fully saturated rings. The van der Waals surface area contributed by atoms with Gasteiger partial charge in [-0.15, -0.1) is 0 Å². The molecular weight excluding hydrogens is 253 g/mol. The minimum absolute atomic E-state index is 0.0469. The Kier molecular flexibility index (Phi) is 4.42. The molecule has 0 aliphatic rings. The molecule has 0 aliphatic carbocycles. The summed E-state index contributed by atoms with van der Waals surface area (Å²) in [5.41, 5.74) is 2.58. The van der Waals surface area contributed by atoms with Gasteiger partial charge in [-0.05, 0) is 44.4 Å². The maximum atomic E-state index is 13.7. The third-order valence-corrected chi connectivity index (χ3v) is 3.48. The number of aromatic nitrogens is 2. The van der Waals surface area contributed by atoms with Crippen molar-refractivity contribution in [3.05, 3.63) is 47.0 Å². The number of nitrogens with zero attached hydrogens (tertiary/aromatic N) is 2. The van der Waals surface area contributed by atoms with Crippen LogP contribution in [0.4, 0.5) is 10.3 Å². The van der Waals surface area contributed by atoms with Crippen LogP contribution in [0.1, 0.15) is 43.1 Å². The summed E-state index contributed by atoms with van der Waals surface area (Å²) in [4.78, 5) is 4.49. The van der Waals surface area contributed by atoms with E-state index in [0.29, 0.717) is 5.56 Å². The molecular formula is C16H22FN3. The molecule has 0 radical (unpaired) electrons. The topological polar surface area (TPSA) is 29.9 Å². The van der Waals surface area contributed by atoms with Gasteiger partial charge in [0.25, 0.3) is 0 Å². The molecule has 0 bridgehead atoms. The molecule has 20 heavy (non-hydrogen) atoms. The number of hydrogen-bond donors (Lipinski definition) is 1. The van der Waals surface area contributed by atoms with E-state index in [9.17, 15) is 4.39 Å². The van der Waals surface area contributed by atoms with Gasteiger partial charge in [-0.1, -0.05) is 19.1 Å². The lowest BCUT2D eigenvalue weighted by atomic mass is 10.1. The minimum atomic E-state index is -0.158. The smallest absolute Gasteiger partial charge is 0.203 e. The van der Waals surface area contributed by atoms with Gasteiger partial charge in [-0.25, -0.2) is 9.37 Å². The minimum Gasteiger partial charge on any atom is -0.356 e. The van der Waals surface area contributed by atoms with E-state index in [0.717, 1.165) is 30.2 Å². The van der Waals surface area contributed by atoms with Crippen molar-refractivity contribution in [3.63, 3.8) is 0 Å². The first-order chi connectivity index (χ1) is 9.52. The summed E-state index contributed by atoms with van der Waals surface area (Å²) in [7, 11) is 0. The van der Waals surface area contributed by atoms with Crippen LogP contribution in [-0.2, 0) is 0 Å². The first-order valence-corrected chi connectivity index (χ1v) is 7.08. The van der Waals surface area contributed by atoms with Gasteiger partial charge in [-0.2, -0.15) is 0 Å². The summed E-state index contributed by atoms with van der Waals surface area (Å²) in [5.74, 6) is 0.687. The third-order valence-electron chi connectivity index (χ3n) is 3.48. The quantitative estimate of drug-likeness (QED) is 0.891. The van der Waals surface area contributed by atoms with E-state index in [1.807, 2.05) is 25.3 Å². The van der Waals surface area contributed by atoms with Gasteiger partial charge in [0, 0.05) is 12.7 Å². The van der Waals surface area contributed by atoms with E-state index >= 15 is 0 Å². The average molecular weight is 275 g/mol. The number of hydrogen-bond acceptors (Lipinski definition) is 2. The van der Waals surface area contributed by atoms with Crippen LogP contribution in [0.25, 0.3) is 0 Å². The summed E-state index contributed by atoms with van der Waals surface area (Å²) in [6.07, 6.45) is 3.04. The highest BCUT2D eigenvalue weighted by molar-refractivity contribution is 5.33. The lowest BCUT2D eigenvalue weighted by molar-refractivity contribution is 0.599. The molecule has 0 saturated heterocycles. The predicted molar refractivity (Wildman–Crippen MR) is 80.7 cm³/mol. The number of aryl methyl sites for hydroxylation is 2. The fraction of sp³-hybridized carbons (Fsp3) is 0.438. The van der Waals surface area contributed by atoms with E-state index in [-0.39, 0.29) is 11.9 Å². The molecule has 1 N–H and O–H groups in total. The van der Waals surface area contributed by atoms with Crippen molar-refractivity contribution in [2.45, 2.75) is 40.2 Å². The monoisotopic (exact) mass is 275 g/mol. The average Bonchev–Trinajstić information content (AvgIpc) is 2.79. The Morgan fingerprint density at radius 2 is 2.10 bits per heavy atom. The lowest BCUT2D eigenvalue weighted by Gasteiger charge is -2.17. The maximum absolute atomic E-state index is 13.7. The van der Waals surface area contributed by atoms with Crippen molar-refractivity contribution in [2.24, 2.45) is 0 Å². The predicted octanol–water partition coefficient (Wildman–Crippen LogP) is 4.07. The third kappa shape index (κ3) is 3.00. The first kappa shape index (κ1) is 14.6. The molecule has 4 heteroatoms. The molecule has 1 atom stereocenters. The van der Waals surface area contributed by atoms with Crippen LogP contribution < -0.4 is 5.32 Å². The number of rotatable bonds is 5. The van der Waals surface area contributed by atoms with Crippen LogP contribution in [-0.4, -0.2) is 16.1 Å². The molecule has 2 aromatic rings. The SMILES string of the molecule is CCCNc1nc(C)cn1C(C)c1ccc(C)c(F)c1. The zero-order valence-corrected chi connectivity index (χ0v) is 12.6. The number of benzene rings is 1. The van der Waals surface area contributed by atoms with Gasteiger partial charge in [0.1, 0.15) is 5.82 Å². The second kappa shape index (κ2) is 6.07. The Labute approximate surface area is 119 Å². The molecule has 0 spiro atoms. The van der Waals surface area contributed by atoms with Crippen molar-refractivity contribution in [3.8, 4) is 0 Å². The van der Waals surface area contributed by atoms with Crippen molar-refractivity contribution in [1.82, 2.24) is 9.55 Å². The highest BCUT2D eigenvalue weighted by Crippen LogP contribution is 2.24. The van der Waals surface area contributed by atoms with Crippen LogP contribution in [0, 0.1) is 19.7 Å². The zero-order chi connectivity index (χ0) is 14.7. The summed E-state index contributed by atoms with van der Waals surface area (Å²) < 4.78 is 15.8. The normalized spacial score (nSPS) is 12.4. The maximum Gasteiger partial charge on any atom is 0.203 e. The largest absolute Gasteiger partial charge is 0.356 e. The van der Waals surface area contributed by atoms with Gasteiger partial charge < -0.3 is 9.88 Å². The summed E-state index contributed by atoms with van der Waals surface area (Å²) in [6.45, 7) is 8.80. The Balaban J connectivity index is 2.32. The van der Waals surface area contributed by atoms with Crippen molar-refractivity contribution < 1.29 is 4.39 Å². The van der Waals surface area contributed by atoms with Gasteiger partial charge in [0.15, 0.2) is 0 Å². The second-order valence-corrected chi connectivity index (χ2v) is 5.22. The molecule has 1 aromatic carbocycles. The molecule has 0 aliphatic heterocycles. The van der Waals surface area contributed by atoms with Crippen molar-refractivity contribution in [1.29, 1.82) is 0 Å². The van der Waals surface area contributed by atoms with Gasteiger partial charge in [-0.3, -0.25) is 0 Å². The standard InChI is InChI=1S/C16H22FN3/c1-5-8-18-16-19-12(3)10-20(16)13(4)14-7-6-11(2)15(17)9-14/h6-7,9-10,13H,5,8H2,1-4H3,(H,18,19). The number of halogens is 1. The summed E-state index contributed by atoms with van der Waals surface area (Å²) in [5, 5.41) is 3.32. The van der Waals surface area contributed by atoms with E-state index < -0.39 is 0 Å². The molecule has 0 saturated carbocycles. The fourth-order valence-corrected chi connectivity index (χ4v) is 2.21. The van der Waals surface area contributed by atoms with Gasteiger partial charge >= 0.3 is 0 Å².